The average molecular weight is 631 g/mol. The monoisotopic (exact) mass is 628 g/mol. The molecule has 4 aromatic heterocycles. The minimum absolute atomic E-state index is 0.243. The molecular formula is C20H27Br2ClN12. The number of nitrogens with one attached hydrogen (secondary N) is 3. The molecule has 4 aromatic rings. The SMILES string of the molecule is CNc1nc(Cl)ncc1Br.CNc1nc(Nc2cnn(C)c2C)ncc1Br.Cc1c(N)cnn1C. The van der Waals surface area contributed by atoms with E-state index in [2.05, 4.69) is 77.9 Å². The molecule has 5 N–H and O–H groups in total. The molecule has 188 valence electrons. The highest BCUT2D eigenvalue weighted by Crippen LogP contribution is 2.22. The topological polar surface area (TPSA) is 149 Å². The number of aromatic nitrogens is 8. The van der Waals surface area contributed by atoms with E-state index in [1.807, 2.05) is 35.0 Å². The maximum Gasteiger partial charge on any atom is 0.229 e. The third-order valence-electron chi connectivity index (χ3n) is 4.69. The van der Waals surface area contributed by atoms with Crippen LogP contribution in [0.2, 0.25) is 5.28 Å². The van der Waals surface area contributed by atoms with Gasteiger partial charge in [0.15, 0.2) is 0 Å². The summed E-state index contributed by atoms with van der Waals surface area (Å²) in [5.74, 6) is 1.97. The first kappa shape index (κ1) is 28.3. The number of nitrogens with zero attached hydrogens (tertiary/aromatic N) is 8. The quantitative estimate of drug-likeness (QED) is 0.240. The highest BCUT2D eigenvalue weighted by molar-refractivity contribution is 9.11. The van der Waals surface area contributed by atoms with Gasteiger partial charge >= 0.3 is 0 Å². The molecule has 0 amide bonds. The lowest BCUT2D eigenvalue weighted by molar-refractivity contribution is 0.740. The molecule has 12 nitrogen and oxygen atoms in total. The van der Waals surface area contributed by atoms with E-state index in [9.17, 15) is 0 Å². The van der Waals surface area contributed by atoms with Crippen LogP contribution in [0.3, 0.4) is 0 Å². The molecule has 0 fully saturated rings. The molecular weight excluding hydrogens is 604 g/mol. The summed E-state index contributed by atoms with van der Waals surface area (Å²) < 4.78 is 5.17. The highest BCUT2D eigenvalue weighted by atomic mass is 79.9. The van der Waals surface area contributed by atoms with Gasteiger partial charge in [-0.2, -0.15) is 20.2 Å². The zero-order valence-electron chi connectivity index (χ0n) is 20.1. The van der Waals surface area contributed by atoms with Gasteiger partial charge in [0, 0.05) is 40.6 Å². The number of nitrogen functional groups attached to an aromatic ring is 1. The summed E-state index contributed by atoms with van der Waals surface area (Å²) in [5.41, 5.74) is 9.16. The van der Waals surface area contributed by atoms with E-state index >= 15 is 0 Å². The number of rotatable bonds is 4. The van der Waals surface area contributed by atoms with Gasteiger partial charge in [0.1, 0.15) is 11.6 Å². The highest BCUT2D eigenvalue weighted by Gasteiger charge is 2.07. The Hall–Kier alpha value is -2.97. The molecule has 0 aliphatic heterocycles. The van der Waals surface area contributed by atoms with Crippen molar-refractivity contribution < 1.29 is 0 Å². The second-order valence-corrected chi connectivity index (χ2v) is 8.97. The van der Waals surface area contributed by atoms with Crippen molar-refractivity contribution in [3.63, 3.8) is 0 Å². The maximum atomic E-state index is 5.51. The molecule has 0 spiro atoms. The normalized spacial score (nSPS) is 9.97. The molecule has 0 radical (unpaired) electrons. The molecule has 0 aliphatic rings. The Bertz CT molecular complexity index is 1240. The van der Waals surface area contributed by atoms with Crippen LogP contribution >= 0.6 is 43.5 Å². The van der Waals surface area contributed by atoms with Crippen LogP contribution in [0.15, 0.2) is 33.7 Å². The van der Waals surface area contributed by atoms with Gasteiger partial charge < -0.3 is 21.7 Å². The van der Waals surface area contributed by atoms with Gasteiger partial charge in [-0.3, -0.25) is 9.36 Å². The van der Waals surface area contributed by atoms with Crippen molar-refractivity contribution in [1.82, 2.24) is 39.5 Å². The van der Waals surface area contributed by atoms with Crippen molar-refractivity contribution in [2.24, 2.45) is 14.1 Å². The Balaban J connectivity index is 0.000000204. The first-order chi connectivity index (χ1) is 16.6. The van der Waals surface area contributed by atoms with E-state index < -0.39 is 0 Å². The minimum Gasteiger partial charge on any atom is -0.396 e. The Kier molecular flexibility index (Phi) is 10.7. The predicted molar refractivity (Wildman–Crippen MR) is 147 cm³/mol. The van der Waals surface area contributed by atoms with Crippen LogP contribution in [0.5, 0.6) is 0 Å². The fraction of sp³-hybridized carbons (Fsp3) is 0.300. The Morgan fingerprint density at radius 3 is 1.80 bits per heavy atom. The van der Waals surface area contributed by atoms with Gasteiger partial charge in [-0.25, -0.2) is 9.97 Å². The lowest BCUT2D eigenvalue weighted by atomic mass is 10.4. The number of aryl methyl sites for hydroxylation is 2. The van der Waals surface area contributed by atoms with Crippen molar-refractivity contribution in [1.29, 1.82) is 0 Å². The summed E-state index contributed by atoms with van der Waals surface area (Å²) in [6, 6.07) is 0. The standard InChI is InChI=1S/C10H13BrN6.C5H5BrClN3.C5H9N3/c1-6-8(5-14-17(6)3)15-10-13-4-7(11)9(12-2)16-10;1-8-4-3(6)2-9-5(7)10-4;1-4-5(6)3-7-8(4)2/h4-5H,1-3H3,(H2,12,13,15,16);2H,1H3,(H,8,9,10);3H,6H2,1-2H3. The molecule has 0 unspecified atom stereocenters. The van der Waals surface area contributed by atoms with Crippen LogP contribution in [0, 0.1) is 13.8 Å². The van der Waals surface area contributed by atoms with E-state index in [0.29, 0.717) is 11.8 Å². The molecule has 4 heterocycles. The van der Waals surface area contributed by atoms with Gasteiger partial charge in [-0.05, 0) is 57.3 Å². The van der Waals surface area contributed by atoms with Crippen molar-refractivity contribution in [3.05, 3.63) is 50.4 Å². The van der Waals surface area contributed by atoms with Crippen LogP contribution in [-0.2, 0) is 14.1 Å². The summed E-state index contributed by atoms with van der Waals surface area (Å²) in [6.07, 6.45) is 6.70. The minimum atomic E-state index is 0.243. The second kappa shape index (κ2) is 13.2. The van der Waals surface area contributed by atoms with Gasteiger partial charge in [0.05, 0.1) is 44.1 Å². The van der Waals surface area contributed by atoms with E-state index in [-0.39, 0.29) is 5.28 Å². The van der Waals surface area contributed by atoms with E-state index in [0.717, 1.165) is 37.5 Å². The maximum absolute atomic E-state index is 5.51. The summed E-state index contributed by atoms with van der Waals surface area (Å²) in [7, 11) is 7.34. The lowest BCUT2D eigenvalue weighted by Crippen LogP contribution is -2.02. The molecule has 35 heavy (non-hydrogen) atoms. The third-order valence-corrected chi connectivity index (χ3v) is 6.03. The van der Waals surface area contributed by atoms with Crippen molar-refractivity contribution in [3.8, 4) is 0 Å². The average Bonchev–Trinajstić information content (AvgIpc) is 3.32. The molecule has 0 saturated carbocycles. The number of hydrogen-bond donors (Lipinski definition) is 4. The number of anilines is 5. The molecule has 0 bridgehead atoms. The third kappa shape index (κ3) is 8.04. The number of halogens is 3. The van der Waals surface area contributed by atoms with Gasteiger partial charge in [-0.1, -0.05) is 0 Å². The Morgan fingerprint density at radius 1 is 0.829 bits per heavy atom. The molecule has 0 saturated heterocycles. The molecule has 0 aromatic carbocycles. The second-order valence-electron chi connectivity index (χ2n) is 6.93. The Labute approximate surface area is 225 Å². The summed E-state index contributed by atoms with van der Waals surface area (Å²) >= 11 is 12.1. The molecule has 4 rings (SSSR count). The number of hydrogen-bond acceptors (Lipinski definition) is 10. The first-order valence-electron chi connectivity index (χ1n) is 10.1. The summed E-state index contributed by atoms with van der Waals surface area (Å²) in [6.45, 7) is 3.91. The predicted octanol–water partition coefficient (Wildman–Crippen LogP) is 4.31. The zero-order chi connectivity index (χ0) is 26.1. The Morgan fingerprint density at radius 2 is 1.37 bits per heavy atom. The molecule has 0 atom stereocenters. The number of nitrogens with two attached hydrogens (primary N) is 1. The molecule has 15 heteroatoms. The summed E-state index contributed by atoms with van der Waals surface area (Å²) in [4.78, 5) is 16.1. The van der Waals surface area contributed by atoms with E-state index in [4.69, 9.17) is 17.3 Å². The lowest BCUT2D eigenvalue weighted by Gasteiger charge is -2.07. The van der Waals surface area contributed by atoms with Crippen LogP contribution in [0.1, 0.15) is 11.4 Å². The van der Waals surface area contributed by atoms with E-state index in [1.165, 1.54) is 0 Å². The fourth-order valence-corrected chi connectivity index (χ4v) is 3.29. The molecule has 0 aliphatic carbocycles. The van der Waals surface area contributed by atoms with Crippen LogP contribution in [-0.4, -0.2) is 53.6 Å². The van der Waals surface area contributed by atoms with Gasteiger partial charge in [0.2, 0.25) is 11.2 Å². The van der Waals surface area contributed by atoms with E-state index in [1.54, 1.807) is 41.2 Å². The smallest absolute Gasteiger partial charge is 0.229 e. The van der Waals surface area contributed by atoms with Gasteiger partial charge in [0.25, 0.3) is 0 Å². The summed E-state index contributed by atoms with van der Waals surface area (Å²) in [5, 5.41) is 17.3. The fourth-order valence-electron chi connectivity index (χ4n) is 2.38. The van der Waals surface area contributed by atoms with Gasteiger partial charge in [-0.15, -0.1) is 0 Å². The van der Waals surface area contributed by atoms with Crippen molar-refractivity contribution in [2.75, 3.05) is 35.8 Å². The van der Waals surface area contributed by atoms with Crippen molar-refractivity contribution >= 4 is 72.4 Å². The van der Waals surface area contributed by atoms with Crippen LogP contribution in [0.4, 0.5) is 29.0 Å². The largest absolute Gasteiger partial charge is 0.396 e. The van der Waals surface area contributed by atoms with Crippen LogP contribution in [0.25, 0.3) is 0 Å². The van der Waals surface area contributed by atoms with Crippen LogP contribution < -0.4 is 21.7 Å². The van der Waals surface area contributed by atoms with Crippen molar-refractivity contribution in [2.45, 2.75) is 13.8 Å². The zero-order valence-corrected chi connectivity index (χ0v) is 24.0. The first-order valence-corrected chi connectivity index (χ1v) is 12.1.